The Morgan fingerprint density at radius 1 is 1.00 bits per heavy atom. The molecule has 0 aromatic carbocycles. The van der Waals surface area contributed by atoms with Crippen LogP contribution in [0.3, 0.4) is 0 Å². The van der Waals surface area contributed by atoms with Crippen molar-refractivity contribution >= 4 is 17.9 Å². The Kier molecular flexibility index (Phi) is 10.4. The third kappa shape index (κ3) is 37.0. The molecule has 0 unspecified atom stereocenters. The molecule has 0 atom stereocenters. The maximum absolute atomic E-state index is 10.2. The van der Waals surface area contributed by atoms with E-state index in [4.69, 9.17) is 23.8 Å². The molecule has 0 bridgehead atoms. The Bertz CT molecular complexity index is 286. The zero-order valence-corrected chi connectivity index (χ0v) is 10.8. The molecule has 0 aliphatic carbocycles. The first-order valence-corrected chi connectivity index (χ1v) is 7.97. The summed E-state index contributed by atoms with van der Waals surface area (Å²) in [4.78, 5) is 21.6. The van der Waals surface area contributed by atoms with Crippen LogP contribution in [-0.2, 0) is 14.7 Å². The van der Waals surface area contributed by atoms with Gasteiger partial charge in [-0.15, -0.1) is 0 Å². The summed E-state index contributed by atoms with van der Waals surface area (Å²) in [5, 5.41) is 0. The lowest BCUT2D eigenvalue weighted by Crippen LogP contribution is -2.03. The Hall–Kier alpha value is 0.0200. The fraction of sp³-hybridized carbons (Fsp3) is 1.00. The first-order chi connectivity index (χ1) is 7.06. The number of unbranched alkanes of at least 4 members (excludes halogenated alkanes) is 4. The van der Waals surface area contributed by atoms with Gasteiger partial charge in [-0.1, -0.05) is 32.6 Å². The summed E-state index contributed by atoms with van der Waals surface area (Å²) in [6.07, 6.45) is 4.83. The lowest BCUT2D eigenvalue weighted by Gasteiger charge is -1.96. The molecule has 0 radical (unpaired) electrons. The molecule has 0 spiro atoms. The maximum atomic E-state index is 10.2. The van der Waals surface area contributed by atoms with Gasteiger partial charge in [0.2, 0.25) is 0 Å². The molecule has 7 nitrogen and oxygen atoms in total. The van der Waals surface area contributed by atoms with Crippen LogP contribution in [-0.4, -0.2) is 33.4 Å². The highest BCUT2D eigenvalue weighted by Crippen LogP contribution is 2.25. The maximum Gasteiger partial charge on any atom is 0.466 e. The molecule has 0 fully saturated rings. The molecule has 100 valence electrons. The van der Waals surface area contributed by atoms with Crippen LogP contribution in [0.2, 0.25) is 0 Å². The zero-order chi connectivity index (χ0) is 13.2. The van der Waals surface area contributed by atoms with Crippen LogP contribution in [0.4, 0.5) is 0 Å². The Morgan fingerprint density at radius 3 is 1.69 bits per heavy atom. The minimum absolute atomic E-state index is 0.0866. The second kappa shape index (κ2) is 9.09. The molecule has 0 heterocycles. The third-order valence-corrected chi connectivity index (χ3v) is 2.31. The molecule has 0 amide bonds. The van der Waals surface area contributed by atoms with E-state index in [1.165, 1.54) is 0 Å². The lowest BCUT2D eigenvalue weighted by atomic mass is 10.2. The molecule has 0 aromatic heterocycles. The highest BCUT2D eigenvalue weighted by molar-refractivity contribution is 7.85. The van der Waals surface area contributed by atoms with Gasteiger partial charge in [-0.25, -0.2) is 4.57 Å². The van der Waals surface area contributed by atoms with Gasteiger partial charge >= 0.3 is 7.82 Å². The van der Waals surface area contributed by atoms with Crippen molar-refractivity contribution < 1.29 is 32.2 Å². The van der Waals surface area contributed by atoms with Crippen molar-refractivity contribution in [3.63, 3.8) is 0 Å². The van der Waals surface area contributed by atoms with Crippen molar-refractivity contribution in [2.45, 2.75) is 39.0 Å². The molecule has 0 rings (SSSR count). The van der Waals surface area contributed by atoms with Gasteiger partial charge in [-0.05, 0) is 6.42 Å². The second-order valence-electron chi connectivity index (χ2n) is 3.21. The molecule has 0 saturated heterocycles. The molecular formula is C7H19O7PS. The number of phosphoric acid groups is 1. The second-order valence-corrected chi connectivity index (χ2v) is 5.81. The average Bonchev–Trinajstić information content (AvgIpc) is 1.98. The molecule has 0 aliphatic heterocycles. The minimum Gasteiger partial charge on any atom is -0.303 e. The van der Waals surface area contributed by atoms with Crippen LogP contribution in [0.5, 0.6) is 0 Å². The summed E-state index contributed by atoms with van der Waals surface area (Å²) in [7, 11) is -8.35. The van der Waals surface area contributed by atoms with Crippen molar-refractivity contribution in [1.82, 2.24) is 0 Å². The van der Waals surface area contributed by atoms with Gasteiger partial charge in [0.25, 0.3) is 10.1 Å². The first-order valence-electron chi connectivity index (χ1n) is 4.79. The summed E-state index contributed by atoms with van der Waals surface area (Å²) in [6.45, 7) is 2.10. The van der Waals surface area contributed by atoms with Gasteiger partial charge in [0, 0.05) is 0 Å². The van der Waals surface area contributed by atoms with Gasteiger partial charge in [-0.3, -0.25) is 4.55 Å². The van der Waals surface area contributed by atoms with Crippen molar-refractivity contribution in [3.05, 3.63) is 0 Å². The van der Waals surface area contributed by atoms with Gasteiger partial charge < -0.3 is 14.7 Å². The van der Waals surface area contributed by atoms with Crippen molar-refractivity contribution in [3.8, 4) is 0 Å². The largest absolute Gasteiger partial charge is 0.466 e. The average molecular weight is 278 g/mol. The van der Waals surface area contributed by atoms with Crippen LogP contribution >= 0.6 is 7.82 Å². The Balaban J connectivity index is 0. The van der Waals surface area contributed by atoms with Crippen molar-refractivity contribution in [2.75, 3.05) is 5.75 Å². The smallest absolute Gasteiger partial charge is 0.303 e. The zero-order valence-electron chi connectivity index (χ0n) is 9.11. The van der Waals surface area contributed by atoms with Crippen LogP contribution in [0.1, 0.15) is 39.0 Å². The van der Waals surface area contributed by atoms with E-state index >= 15 is 0 Å². The van der Waals surface area contributed by atoms with E-state index in [2.05, 4.69) is 6.92 Å². The summed E-state index contributed by atoms with van der Waals surface area (Å²) in [6, 6.07) is 0. The molecular weight excluding hydrogens is 259 g/mol. The SMILES string of the molecule is CCCCCCCS(=O)(=O)O.O=P(O)(O)O. The van der Waals surface area contributed by atoms with Gasteiger partial charge in [0.05, 0.1) is 5.75 Å². The molecule has 0 aliphatic rings. The van der Waals surface area contributed by atoms with Crippen molar-refractivity contribution in [1.29, 1.82) is 0 Å². The number of rotatable bonds is 6. The van der Waals surface area contributed by atoms with Crippen LogP contribution in [0, 0.1) is 0 Å². The molecule has 0 saturated carbocycles. The summed E-state index contributed by atoms with van der Waals surface area (Å²) >= 11 is 0. The van der Waals surface area contributed by atoms with Gasteiger partial charge in [0.15, 0.2) is 0 Å². The normalized spacial score (nSPS) is 11.8. The van der Waals surface area contributed by atoms with Crippen molar-refractivity contribution in [2.24, 2.45) is 0 Å². The predicted octanol–water partition coefficient (Wildman–Crippen LogP) is 0.916. The molecule has 16 heavy (non-hydrogen) atoms. The first kappa shape index (κ1) is 18.4. The fourth-order valence-electron chi connectivity index (χ4n) is 0.888. The third-order valence-electron chi connectivity index (χ3n) is 1.51. The Morgan fingerprint density at radius 2 is 1.38 bits per heavy atom. The summed E-state index contributed by atoms with van der Waals surface area (Å²) < 4.78 is 37.7. The standard InChI is InChI=1S/C7H16O3S.H3O4P/c1-2-3-4-5-6-7-11(8,9)10;1-5(2,3)4/h2-7H2,1H3,(H,8,9,10);(H3,1,2,3,4). The quantitative estimate of drug-likeness (QED) is 0.322. The van der Waals surface area contributed by atoms with E-state index in [0.29, 0.717) is 6.42 Å². The summed E-state index contributed by atoms with van der Waals surface area (Å²) in [5.74, 6) is -0.0866. The van der Waals surface area contributed by atoms with Crippen LogP contribution in [0.15, 0.2) is 0 Å². The van der Waals surface area contributed by atoms with E-state index < -0.39 is 17.9 Å². The lowest BCUT2D eigenvalue weighted by molar-refractivity contribution is 0.275. The van der Waals surface area contributed by atoms with Gasteiger partial charge in [-0.2, -0.15) is 8.42 Å². The van der Waals surface area contributed by atoms with Crippen LogP contribution < -0.4 is 0 Å². The number of hydrogen-bond donors (Lipinski definition) is 4. The molecule has 0 aromatic rings. The fourth-order valence-corrected chi connectivity index (χ4v) is 1.46. The van der Waals surface area contributed by atoms with Gasteiger partial charge in [0.1, 0.15) is 0 Å². The van der Waals surface area contributed by atoms with E-state index in [0.717, 1.165) is 25.7 Å². The number of hydrogen-bond acceptors (Lipinski definition) is 3. The van der Waals surface area contributed by atoms with Crippen LogP contribution in [0.25, 0.3) is 0 Å². The van der Waals surface area contributed by atoms with E-state index in [9.17, 15) is 8.42 Å². The van der Waals surface area contributed by atoms with E-state index in [-0.39, 0.29) is 5.75 Å². The molecule has 9 heteroatoms. The highest BCUT2D eigenvalue weighted by atomic mass is 32.2. The minimum atomic E-state index is -4.64. The van der Waals surface area contributed by atoms with E-state index in [1.54, 1.807) is 0 Å². The predicted molar refractivity (Wildman–Crippen MR) is 59.4 cm³/mol. The monoisotopic (exact) mass is 278 g/mol. The summed E-state index contributed by atoms with van der Waals surface area (Å²) in [5.41, 5.74) is 0. The topological polar surface area (TPSA) is 132 Å². The molecule has 4 N–H and O–H groups in total. The van der Waals surface area contributed by atoms with E-state index in [1.807, 2.05) is 0 Å². The Labute approximate surface area is 95.5 Å². The highest BCUT2D eigenvalue weighted by Gasteiger charge is 2.02.